The molecule has 5 rings (SSSR count). The molecular weight excluding hydrogens is 368 g/mol. The first-order valence-electron chi connectivity index (χ1n) is 9.58. The van der Waals surface area contributed by atoms with E-state index in [1.165, 1.54) is 4.80 Å². The molecular formula is C20H20N8O. The first-order chi connectivity index (χ1) is 14.2. The number of tetrazole rings is 1. The summed E-state index contributed by atoms with van der Waals surface area (Å²) in [5.41, 5.74) is 2.95. The third kappa shape index (κ3) is 3.46. The Morgan fingerprint density at radius 1 is 1.07 bits per heavy atom. The third-order valence-corrected chi connectivity index (χ3v) is 4.82. The Kier molecular flexibility index (Phi) is 4.27. The van der Waals surface area contributed by atoms with Crippen LogP contribution in [0.1, 0.15) is 43.3 Å². The zero-order valence-electron chi connectivity index (χ0n) is 16.2. The van der Waals surface area contributed by atoms with E-state index in [1.807, 2.05) is 50.2 Å². The minimum Gasteiger partial charge on any atom is -0.452 e. The van der Waals surface area contributed by atoms with Crippen LogP contribution in [0.15, 0.2) is 48.8 Å². The summed E-state index contributed by atoms with van der Waals surface area (Å²) in [5, 5.41) is 21.4. The molecule has 1 saturated carbocycles. The molecule has 3 aromatic heterocycles. The standard InChI is InChI=1S/C20H20N8O/c1-13-4-3-5-17(12-13)28-25-18(22-26-28)14(2)29-20-24-23-19(27(20)16-6-7-16)15-8-10-21-11-9-15/h3-5,8-12,14,16H,6-7H2,1-2H3. The van der Waals surface area contributed by atoms with E-state index in [9.17, 15) is 0 Å². The Labute approximate surface area is 167 Å². The van der Waals surface area contributed by atoms with Gasteiger partial charge in [-0.15, -0.1) is 20.1 Å². The van der Waals surface area contributed by atoms with Gasteiger partial charge in [0.15, 0.2) is 11.9 Å². The highest BCUT2D eigenvalue weighted by atomic mass is 16.5. The molecule has 0 spiro atoms. The van der Waals surface area contributed by atoms with Gasteiger partial charge in [0.2, 0.25) is 5.82 Å². The SMILES string of the molecule is Cc1cccc(-n2nnc(C(C)Oc3nnc(-c4ccncc4)n3C3CC3)n2)c1. The summed E-state index contributed by atoms with van der Waals surface area (Å²) in [6.07, 6.45) is 5.25. The lowest BCUT2D eigenvalue weighted by molar-refractivity contribution is 0.188. The maximum atomic E-state index is 6.10. The number of rotatable bonds is 6. The van der Waals surface area contributed by atoms with Gasteiger partial charge >= 0.3 is 6.01 Å². The zero-order chi connectivity index (χ0) is 19.8. The van der Waals surface area contributed by atoms with Gasteiger partial charge in [-0.05, 0) is 61.7 Å². The Morgan fingerprint density at radius 2 is 1.90 bits per heavy atom. The molecule has 4 aromatic rings. The minimum absolute atomic E-state index is 0.353. The van der Waals surface area contributed by atoms with Crippen molar-refractivity contribution in [3.8, 4) is 23.1 Å². The normalized spacial score (nSPS) is 14.7. The van der Waals surface area contributed by atoms with Crippen LogP contribution in [0, 0.1) is 6.92 Å². The molecule has 1 aromatic carbocycles. The number of aryl methyl sites for hydroxylation is 1. The van der Waals surface area contributed by atoms with Gasteiger partial charge in [-0.25, -0.2) is 0 Å². The molecule has 9 heteroatoms. The number of hydrogen-bond acceptors (Lipinski definition) is 7. The first-order valence-corrected chi connectivity index (χ1v) is 9.58. The molecule has 0 saturated heterocycles. The van der Waals surface area contributed by atoms with Crippen molar-refractivity contribution in [2.75, 3.05) is 0 Å². The number of hydrogen-bond donors (Lipinski definition) is 0. The monoisotopic (exact) mass is 388 g/mol. The Balaban J connectivity index is 1.40. The molecule has 1 aliphatic carbocycles. The Hall–Kier alpha value is -3.62. The van der Waals surface area contributed by atoms with Gasteiger partial charge in [-0.2, -0.15) is 0 Å². The van der Waals surface area contributed by atoms with E-state index in [-0.39, 0.29) is 0 Å². The molecule has 0 amide bonds. The fourth-order valence-electron chi connectivity index (χ4n) is 3.18. The topological polar surface area (TPSA) is 96.4 Å². The van der Waals surface area contributed by atoms with Gasteiger partial charge in [-0.1, -0.05) is 17.2 Å². The van der Waals surface area contributed by atoms with Crippen molar-refractivity contribution in [2.24, 2.45) is 0 Å². The summed E-state index contributed by atoms with van der Waals surface area (Å²) in [6.45, 7) is 3.91. The number of benzene rings is 1. The first kappa shape index (κ1) is 17.5. The van der Waals surface area contributed by atoms with Crippen molar-refractivity contribution < 1.29 is 4.74 Å². The molecule has 0 bridgehead atoms. The van der Waals surface area contributed by atoms with E-state index in [1.54, 1.807) is 12.4 Å². The average Bonchev–Trinajstić information content (AvgIpc) is 3.29. The summed E-state index contributed by atoms with van der Waals surface area (Å²) >= 11 is 0. The van der Waals surface area contributed by atoms with Gasteiger partial charge < -0.3 is 4.74 Å². The lowest BCUT2D eigenvalue weighted by Gasteiger charge is -2.12. The molecule has 1 fully saturated rings. The van der Waals surface area contributed by atoms with E-state index >= 15 is 0 Å². The van der Waals surface area contributed by atoms with Crippen LogP contribution in [0.2, 0.25) is 0 Å². The van der Waals surface area contributed by atoms with Crippen LogP contribution >= 0.6 is 0 Å². The Morgan fingerprint density at radius 3 is 2.66 bits per heavy atom. The Bertz CT molecular complexity index is 1130. The van der Waals surface area contributed by atoms with Gasteiger partial charge in [0.25, 0.3) is 0 Å². The van der Waals surface area contributed by atoms with Crippen molar-refractivity contribution in [3.05, 3.63) is 60.2 Å². The quantitative estimate of drug-likeness (QED) is 0.501. The largest absolute Gasteiger partial charge is 0.452 e. The lowest BCUT2D eigenvalue weighted by Crippen LogP contribution is -2.10. The number of aromatic nitrogens is 8. The van der Waals surface area contributed by atoms with Gasteiger partial charge in [0, 0.05) is 24.0 Å². The minimum atomic E-state index is -0.416. The third-order valence-electron chi connectivity index (χ3n) is 4.82. The molecule has 1 aliphatic rings. The summed E-state index contributed by atoms with van der Waals surface area (Å²) in [4.78, 5) is 5.58. The van der Waals surface area contributed by atoms with Crippen molar-refractivity contribution >= 4 is 0 Å². The molecule has 146 valence electrons. The second-order valence-electron chi connectivity index (χ2n) is 7.18. The summed E-state index contributed by atoms with van der Waals surface area (Å²) in [6, 6.07) is 12.6. The van der Waals surface area contributed by atoms with Crippen LogP contribution in [0.3, 0.4) is 0 Å². The lowest BCUT2D eigenvalue weighted by atomic mass is 10.2. The summed E-state index contributed by atoms with van der Waals surface area (Å²) < 4.78 is 8.16. The van der Waals surface area contributed by atoms with Gasteiger partial charge in [-0.3, -0.25) is 9.55 Å². The van der Waals surface area contributed by atoms with Crippen molar-refractivity contribution in [3.63, 3.8) is 0 Å². The van der Waals surface area contributed by atoms with Crippen LogP contribution in [-0.4, -0.2) is 40.0 Å². The van der Waals surface area contributed by atoms with E-state index in [0.717, 1.165) is 35.5 Å². The van der Waals surface area contributed by atoms with Crippen LogP contribution in [0.5, 0.6) is 6.01 Å². The fraction of sp³-hybridized carbons (Fsp3) is 0.300. The highest BCUT2D eigenvalue weighted by Gasteiger charge is 2.32. The molecule has 3 heterocycles. The van der Waals surface area contributed by atoms with E-state index in [4.69, 9.17) is 4.74 Å². The molecule has 0 radical (unpaired) electrons. The maximum absolute atomic E-state index is 6.10. The van der Waals surface area contributed by atoms with Crippen molar-refractivity contribution in [1.82, 2.24) is 40.0 Å². The van der Waals surface area contributed by atoms with Crippen molar-refractivity contribution in [1.29, 1.82) is 0 Å². The van der Waals surface area contributed by atoms with Crippen molar-refractivity contribution in [2.45, 2.75) is 38.8 Å². The summed E-state index contributed by atoms with van der Waals surface area (Å²) in [5.74, 6) is 1.27. The second kappa shape index (κ2) is 7.08. The number of nitrogens with zero attached hydrogens (tertiary/aromatic N) is 8. The molecule has 1 unspecified atom stereocenters. The molecule has 0 N–H and O–H groups in total. The zero-order valence-corrected chi connectivity index (χ0v) is 16.2. The predicted molar refractivity (Wildman–Crippen MR) is 104 cm³/mol. The van der Waals surface area contributed by atoms with Crippen LogP contribution in [0.4, 0.5) is 0 Å². The molecule has 9 nitrogen and oxygen atoms in total. The smallest absolute Gasteiger partial charge is 0.318 e. The molecule has 0 aliphatic heterocycles. The molecule has 1 atom stereocenters. The van der Waals surface area contributed by atoms with Crippen LogP contribution in [0.25, 0.3) is 17.1 Å². The predicted octanol–water partition coefficient (Wildman–Crippen LogP) is 3.10. The van der Waals surface area contributed by atoms with Gasteiger partial charge in [0.05, 0.1) is 5.69 Å². The highest BCUT2D eigenvalue weighted by Crippen LogP contribution is 2.41. The highest BCUT2D eigenvalue weighted by molar-refractivity contribution is 5.55. The maximum Gasteiger partial charge on any atom is 0.318 e. The van der Waals surface area contributed by atoms with Crippen LogP contribution in [-0.2, 0) is 0 Å². The number of ether oxygens (including phenoxy) is 1. The van der Waals surface area contributed by atoms with E-state index in [0.29, 0.717) is 17.9 Å². The number of pyridine rings is 1. The average molecular weight is 388 g/mol. The second-order valence-corrected chi connectivity index (χ2v) is 7.18. The van der Waals surface area contributed by atoms with E-state index < -0.39 is 6.10 Å². The van der Waals surface area contributed by atoms with Crippen LogP contribution < -0.4 is 4.74 Å². The molecule has 29 heavy (non-hydrogen) atoms. The summed E-state index contributed by atoms with van der Waals surface area (Å²) in [7, 11) is 0. The van der Waals surface area contributed by atoms with Gasteiger partial charge in [0.1, 0.15) is 0 Å². The van der Waals surface area contributed by atoms with E-state index in [2.05, 4.69) is 35.2 Å². The fourth-order valence-corrected chi connectivity index (χ4v) is 3.18.